The maximum Gasteiger partial charge on any atom is 0.417 e. The van der Waals surface area contributed by atoms with Crippen LogP contribution in [0.4, 0.5) is 35.0 Å². The fourth-order valence-electron chi connectivity index (χ4n) is 3.15. The van der Waals surface area contributed by atoms with Crippen LogP contribution < -0.4 is 20.7 Å². The summed E-state index contributed by atoms with van der Waals surface area (Å²) >= 11 is 5.58. The number of hydrogen-bond donors (Lipinski definition) is 3. The van der Waals surface area contributed by atoms with E-state index in [0.29, 0.717) is 29.3 Å². The minimum Gasteiger partial charge on any atom is -0.455 e. The highest BCUT2D eigenvalue weighted by atomic mass is 35.5. The summed E-state index contributed by atoms with van der Waals surface area (Å²) in [5, 5.41) is 7.16. The van der Waals surface area contributed by atoms with Crippen molar-refractivity contribution in [3.8, 4) is 11.5 Å². The van der Waals surface area contributed by atoms with E-state index < -0.39 is 22.8 Å². The number of carbonyl (C=O) groups is 2. The van der Waals surface area contributed by atoms with Crippen molar-refractivity contribution in [2.24, 2.45) is 0 Å². The van der Waals surface area contributed by atoms with Crippen LogP contribution in [0.1, 0.15) is 11.1 Å². The number of rotatable bonds is 4. The first-order valence-electron chi connectivity index (χ1n) is 9.33. The van der Waals surface area contributed by atoms with Crippen molar-refractivity contribution < 1.29 is 27.5 Å². The van der Waals surface area contributed by atoms with Gasteiger partial charge in [0.05, 0.1) is 22.7 Å². The van der Waals surface area contributed by atoms with Crippen LogP contribution in [0.5, 0.6) is 11.5 Å². The molecule has 0 atom stereocenters. The molecule has 0 bridgehead atoms. The molecule has 1 heterocycles. The standard InChI is InChI=1S/C22H15ClF3N3O3/c23-17-9-6-14(11-16(17)22(24,25)26)28-21(31)27-13-4-7-15(8-5-13)32-18-3-1-2-12-10-19(30)29-20(12)18/h1-9,11H,10H2,(H,29,30)(H2,27,28,31). The summed E-state index contributed by atoms with van der Waals surface area (Å²) in [5.41, 5.74) is 0.770. The number of urea groups is 1. The molecule has 1 aliphatic rings. The van der Waals surface area contributed by atoms with E-state index >= 15 is 0 Å². The lowest BCUT2D eigenvalue weighted by Crippen LogP contribution is -2.19. The molecule has 0 unspecified atom stereocenters. The molecular weight excluding hydrogens is 447 g/mol. The largest absolute Gasteiger partial charge is 0.455 e. The van der Waals surface area contributed by atoms with E-state index in [1.807, 2.05) is 6.07 Å². The predicted molar refractivity (Wildman–Crippen MR) is 114 cm³/mol. The number of carbonyl (C=O) groups excluding carboxylic acids is 2. The number of nitrogens with one attached hydrogen (secondary N) is 3. The van der Waals surface area contributed by atoms with Crippen molar-refractivity contribution in [3.05, 3.63) is 76.8 Å². The summed E-state index contributed by atoms with van der Waals surface area (Å²) in [7, 11) is 0. The van der Waals surface area contributed by atoms with Gasteiger partial charge >= 0.3 is 12.2 Å². The molecule has 0 saturated carbocycles. The molecule has 0 radical (unpaired) electrons. The van der Waals surface area contributed by atoms with E-state index in [4.69, 9.17) is 16.3 Å². The average Bonchev–Trinajstić information content (AvgIpc) is 3.11. The minimum absolute atomic E-state index is 0.0563. The molecule has 6 nitrogen and oxygen atoms in total. The number of ether oxygens (including phenoxy) is 1. The molecule has 3 aromatic carbocycles. The van der Waals surface area contributed by atoms with E-state index in [1.165, 1.54) is 6.07 Å². The topological polar surface area (TPSA) is 79.5 Å². The van der Waals surface area contributed by atoms with E-state index in [9.17, 15) is 22.8 Å². The Labute approximate surface area is 185 Å². The van der Waals surface area contributed by atoms with Gasteiger partial charge < -0.3 is 20.7 Å². The van der Waals surface area contributed by atoms with E-state index in [1.54, 1.807) is 36.4 Å². The van der Waals surface area contributed by atoms with Gasteiger partial charge in [-0.2, -0.15) is 13.2 Å². The van der Waals surface area contributed by atoms with Crippen LogP contribution in [-0.2, 0) is 17.4 Å². The monoisotopic (exact) mass is 461 g/mol. The van der Waals surface area contributed by atoms with Crippen molar-refractivity contribution in [1.29, 1.82) is 0 Å². The number of halogens is 4. The second-order valence-corrected chi connectivity index (χ2v) is 7.32. The zero-order valence-corrected chi connectivity index (χ0v) is 17.0. The highest BCUT2D eigenvalue weighted by Gasteiger charge is 2.33. The SMILES string of the molecule is O=C1Cc2cccc(Oc3ccc(NC(=O)Nc4ccc(Cl)c(C(F)(F)F)c4)cc3)c2N1. The first kappa shape index (κ1) is 21.5. The zero-order chi connectivity index (χ0) is 22.9. The third-order valence-electron chi connectivity index (χ3n) is 4.60. The van der Waals surface area contributed by atoms with E-state index in [0.717, 1.165) is 17.7 Å². The average molecular weight is 462 g/mol. The van der Waals surface area contributed by atoms with Crippen LogP contribution in [0.15, 0.2) is 60.7 Å². The number of anilines is 3. The summed E-state index contributed by atoms with van der Waals surface area (Å²) in [6, 6.07) is 14.1. The third kappa shape index (κ3) is 4.78. The predicted octanol–water partition coefficient (Wildman–Crippen LogP) is 6.29. The summed E-state index contributed by atoms with van der Waals surface area (Å²) in [5.74, 6) is 0.859. The summed E-state index contributed by atoms with van der Waals surface area (Å²) in [6.45, 7) is 0. The van der Waals surface area contributed by atoms with Gasteiger partial charge in [0.2, 0.25) is 5.91 Å². The smallest absolute Gasteiger partial charge is 0.417 e. The molecule has 10 heteroatoms. The second kappa shape index (κ2) is 8.43. The quantitative estimate of drug-likeness (QED) is 0.427. The molecular formula is C22H15ClF3N3O3. The van der Waals surface area contributed by atoms with Crippen LogP contribution in [0, 0.1) is 0 Å². The lowest BCUT2D eigenvalue weighted by molar-refractivity contribution is -0.137. The van der Waals surface area contributed by atoms with Gasteiger partial charge in [-0.1, -0.05) is 23.7 Å². The zero-order valence-electron chi connectivity index (χ0n) is 16.2. The highest BCUT2D eigenvalue weighted by Crippen LogP contribution is 2.37. The third-order valence-corrected chi connectivity index (χ3v) is 4.93. The normalized spacial score (nSPS) is 12.7. The van der Waals surface area contributed by atoms with Gasteiger partial charge in [-0.25, -0.2) is 4.79 Å². The Balaban J connectivity index is 1.40. The molecule has 3 aromatic rings. The maximum absolute atomic E-state index is 13.0. The maximum atomic E-state index is 13.0. The summed E-state index contributed by atoms with van der Waals surface area (Å²) < 4.78 is 44.7. The van der Waals surface area contributed by atoms with Crippen LogP contribution in [0.25, 0.3) is 0 Å². The van der Waals surface area contributed by atoms with Gasteiger partial charge in [-0.05, 0) is 54.1 Å². The van der Waals surface area contributed by atoms with Gasteiger partial charge in [0.25, 0.3) is 0 Å². The second-order valence-electron chi connectivity index (χ2n) is 6.91. The molecule has 0 aromatic heterocycles. The Morgan fingerprint density at radius 2 is 1.69 bits per heavy atom. The fraction of sp³-hybridized carbons (Fsp3) is 0.0909. The molecule has 0 saturated heterocycles. The van der Waals surface area contributed by atoms with Gasteiger partial charge in [-0.15, -0.1) is 0 Å². The van der Waals surface area contributed by atoms with Crippen LogP contribution in [-0.4, -0.2) is 11.9 Å². The molecule has 32 heavy (non-hydrogen) atoms. The van der Waals surface area contributed by atoms with Crippen molar-refractivity contribution in [1.82, 2.24) is 0 Å². The number of amides is 3. The summed E-state index contributed by atoms with van der Waals surface area (Å²) in [4.78, 5) is 23.7. The van der Waals surface area contributed by atoms with Gasteiger partial charge in [0, 0.05) is 11.4 Å². The molecule has 0 aliphatic carbocycles. The van der Waals surface area contributed by atoms with Gasteiger partial charge in [0.15, 0.2) is 5.75 Å². The van der Waals surface area contributed by atoms with Gasteiger partial charge in [0.1, 0.15) is 5.75 Å². The van der Waals surface area contributed by atoms with E-state index in [2.05, 4.69) is 16.0 Å². The number of hydrogen-bond acceptors (Lipinski definition) is 3. The van der Waals surface area contributed by atoms with Crippen molar-refractivity contribution in [3.63, 3.8) is 0 Å². The van der Waals surface area contributed by atoms with Crippen molar-refractivity contribution in [2.45, 2.75) is 12.6 Å². The van der Waals surface area contributed by atoms with E-state index in [-0.39, 0.29) is 11.6 Å². The number of alkyl halides is 3. The molecule has 0 fully saturated rings. The number of para-hydroxylation sites is 1. The number of benzene rings is 3. The van der Waals surface area contributed by atoms with Crippen LogP contribution in [0.3, 0.4) is 0 Å². The highest BCUT2D eigenvalue weighted by molar-refractivity contribution is 6.31. The molecule has 164 valence electrons. The van der Waals surface area contributed by atoms with Crippen molar-refractivity contribution >= 4 is 40.6 Å². The molecule has 1 aliphatic heterocycles. The lowest BCUT2D eigenvalue weighted by atomic mass is 10.1. The van der Waals surface area contributed by atoms with Gasteiger partial charge in [-0.3, -0.25) is 4.79 Å². The Morgan fingerprint density at radius 3 is 2.41 bits per heavy atom. The molecule has 3 amide bonds. The first-order valence-corrected chi connectivity index (χ1v) is 9.71. The molecule has 3 N–H and O–H groups in total. The number of fused-ring (bicyclic) bond motifs is 1. The first-order chi connectivity index (χ1) is 15.2. The Bertz CT molecular complexity index is 1200. The molecule has 0 spiro atoms. The van der Waals surface area contributed by atoms with Crippen LogP contribution in [0.2, 0.25) is 5.02 Å². The van der Waals surface area contributed by atoms with Crippen molar-refractivity contribution in [2.75, 3.05) is 16.0 Å². The molecule has 4 rings (SSSR count). The lowest BCUT2D eigenvalue weighted by Gasteiger charge is -2.13. The fourth-order valence-corrected chi connectivity index (χ4v) is 3.38. The Hall–Kier alpha value is -3.72. The minimum atomic E-state index is -4.64. The Morgan fingerprint density at radius 1 is 1.00 bits per heavy atom. The van der Waals surface area contributed by atoms with Crippen LogP contribution >= 0.6 is 11.6 Å². The Kier molecular flexibility index (Phi) is 5.67. The summed E-state index contributed by atoms with van der Waals surface area (Å²) in [6.07, 6.45) is -4.34.